The smallest absolute Gasteiger partial charge is 0.258 e. The fourth-order valence-corrected chi connectivity index (χ4v) is 4.23. The second-order valence-electron chi connectivity index (χ2n) is 7.39. The molecule has 0 radical (unpaired) electrons. The Balaban J connectivity index is 2.00. The fraction of sp³-hybridized carbons (Fsp3) is 0.250. The SMILES string of the molecule is COCCc1ccc(SC)cc1-c1cn(C)c(=O)c2ccc(-c3cnn(C)c3)cc12. The van der Waals surface area contributed by atoms with E-state index in [1.54, 1.807) is 28.1 Å². The van der Waals surface area contributed by atoms with Gasteiger partial charge < -0.3 is 9.30 Å². The van der Waals surface area contributed by atoms with Crippen molar-refractivity contribution in [1.29, 1.82) is 0 Å². The van der Waals surface area contributed by atoms with Crippen LogP contribution in [-0.2, 0) is 25.3 Å². The lowest BCUT2D eigenvalue weighted by molar-refractivity contribution is 0.202. The van der Waals surface area contributed by atoms with Crippen LogP contribution in [0.15, 0.2) is 64.7 Å². The van der Waals surface area contributed by atoms with E-state index in [2.05, 4.69) is 35.6 Å². The van der Waals surface area contributed by atoms with Crippen LogP contribution in [0, 0.1) is 0 Å². The molecule has 4 rings (SSSR count). The Hall–Kier alpha value is -2.83. The van der Waals surface area contributed by atoms with Crippen molar-refractivity contribution < 1.29 is 4.74 Å². The molecule has 2 aromatic carbocycles. The first-order valence-corrected chi connectivity index (χ1v) is 11.0. The molecule has 0 aliphatic rings. The molecule has 5 nitrogen and oxygen atoms in total. The van der Waals surface area contributed by atoms with Gasteiger partial charge >= 0.3 is 0 Å². The second-order valence-corrected chi connectivity index (χ2v) is 8.27. The monoisotopic (exact) mass is 419 g/mol. The first-order valence-electron chi connectivity index (χ1n) is 9.80. The molecule has 0 amide bonds. The molecule has 0 aliphatic heterocycles. The highest BCUT2D eigenvalue weighted by Crippen LogP contribution is 2.34. The predicted octanol–water partition coefficient (Wildman–Crippen LogP) is 4.52. The average Bonchev–Trinajstić information content (AvgIpc) is 3.20. The number of rotatable bonds is 6. The van der Waals surface area contributed by atoms with E-state index in [1.807, 2.05) is 44.8 Å². The summed E-state index contributed by atoms with van der Waals surface area (Å²) in [7, 11) is 5.44. The van der Waals surface area contributed by atoms with Crippen LogP contribution in [0.4, 0.5) is 0 Å². The summed E-state index contributed by atoms with van der Waals surface area (Å²) >= 11 is 1.71. The number of nitrogens with zero attached hydrogens (tertiary/aromatic N) is 3. The highest BCUT2D eigenvalue weighted by atomic mass is 32.2. The van der Waals surface area contributed by atoms with Crippen molar-refractivity contribution in [2.24, 2.45) is 14.1 Å². The van der Waals surface area contributed by atoms with Gasteiger partial charge in [0.05, 0.1) is 12.8 Å². The molecule has 0 atom stereocenters. The summed E-state index contributed by atoms with van der Waals surface area (Å²) < 4.78 is 8.79. The summed E-state index contributed by atoms with van der Waals surface area (Å²) in [6.45, 7) is 0.649. The summed E-state index contributed by atoms with van der Waals surface area (Å²) in [6, 6.07) is 12.6. The minimum absolute atomic E-state index is 0.00551. The number of fused-ring (bicyclic) bond motifs is 1. The maximum Gasteiger partial charge on any atom is 0.258 e. The number of methoxy groups -OCH3 is 1. The van der Waals surface area contributed by atoms with Crippen molar-refractivity contribution in [2.45, 2.75) is 11.3 Å². The fourth-order valence-electron chi connectivity index (χ4n) is 3.79. The Bertz CT molecular complexity index is 1270. The Kier molecular flexibility index (Phi) is 5.79. The zero-order chi connectivity index (χ0) is 21.3. The van der Waals surface area contributed by atoms with Crippen molar-refractivity contribution in [3.8, 4) is 22.3 Å². The largest absolute Gasteiger partial charge is 0.384 e. The van der Waals surface area contributed by atoms with E-state index in [0.29, 0.717) is 6.61 Å². The summed E-state index contributed by atoms with van der Waals surface area (Å²) in [5, 5.41) is 5.96. The van der Waals surface area contributed by atoms with Crippen LogP contribution in [0.25, 0.3) is 33.0 Å². The third-order valence-electron chi connectivity index (χ3n) is 5.40. The van der Waals surface area contributed by atoms with Gasteiger partial charge in [-0.25, -0.2) is 0 Å². The summed E-state index contributed by atoms with van der Waals surface area (Å²) in [4.78, 5) is 14.1. The molecule has 0 unspecified atom stereocenters. The van der Waals surface area contributed by atoms with Crippen molar-refractivity contribution >= 4 is 22.5 Å². The molecule has 4 aromatic rings. The van der Waals surface area contributed by atoms with Crippen molar-refractivity contribution in [2.75, 3.05) is 20.0 Å². The molecule has 0 aliphatic carbocycles. The van der Waals surface area contributed by atoms with Gasteiger partial charge in [0.25, 0.3) is 5.56 Å². The van der Waals surface area contributed by atoms with Crippen LogP contribution in [0.2, 0.25) is 0 Å². The molecule has 2 aromatic heterocycles. The van der Waals surface area contributed by atoms with Gasteiger partial charge in [0.1, 0.15) is 0 Å². The lowest BCUT2D eigenvalue weighted by Crippen LogP contribution is -2.16. The van der Waals surface area contributed by atoms with Crippen LogP contribution < -0.4 is 5.56 Å². The van der Waals surface area contributed by atoms with Gasteiger partial charge in [-0.1, -0.05) is 12.1 Å². The average molecular weight is 420 g/mol. The molecular formula is C24H25N3O2S. The van der Waals surface area contributed by atoms with Crippen LogP contribution in [0.3, 0.4) is 0 Å². The van der Waals surface area contributed by atoms with E-state index in [1.165, 1.54) is 10.5 Å². The lowest BCUT2D eigenvalue weighted by Gasteiger charge is -2.16. The first kappa shape index (κ1) is 20.4. The van der Waals surface area contributed by atoms with Crippen LogP contribution in [-0.4, -0.2) is 34.3 Å². The normalized spacial score (nSPS) is 11.3. The summed E-state index contributed by atoms with van der Waals surface area (Å²) in [5.41, 5.74) is 5.49. The first-order chi connectivity index (χ1) is 14.5. The van der Waals surface area contributed by atoms with Gasteiger partial charge in [-0.05, 0) is 59.0 Å². The number of benzene rings is 2. The highest BCUT2D eigenvalue weighted by molar-refractivity contribution is 7.98. The predicted molar refractivity (Wildman–Crippen MR) is 124 cm³/mol. The Morgan fingerprint density at radius 3 is 2.53 bits per heavy atom. The molecule has 154 valence electrons. The minimum atomic E-state index is 0.00551. The lowest BCUT2D eigenvalue weighted by atomic mass is 9.93. The molecule has 0 bridgehead atoms. The number of aryl methyl sites for hydroxylation is 2. The minimum Gasteiger partial charge on any atom is -0.384 e. The van der Waals surface area contributed by atoms with Crippen molar-refractivity contribution in [3.63, 3.8) is 0 Å². The van der Waals surface area contributed by atoms with Crippen molar-refractivity contribution in [3.05, 3.63) is 70.9 Å². The number of hydrogen-bond donors (Lipinski definition) is 0. The number of pyridine rings is 1. The van der Waals surface area contributed by atoms with E-state index in [-0.39, 0.29) is 5.56 Å². The third-order valence-corrected chi connectivity index (χ3v) is 6.13. The maximum atomic E-state index is 12.9. The molecule has 30 heavy (non-hydrogen) atoms. The third kappa shape index (κ3) is 3.80. The Morgan fingerprint density at radius 2 is 1.83 bits per heavy atom. The van der Waals surface area contributed by atoms with Crippen LogP contribution in [0.5, 0.6) is 0 Å². The van der Waals surface area contributed by atoms with E-state index >= 15 is 0 Å². The van der Waals surface area contributed by atoms with E-state index in [0.717, 1.165) is 39.4 Å². The van der Waals surface area contributed by atoms with Gasteiger partial charge in [-0.15, -0.1) is 11.8 Å². The van der Waals surface area contributed by atoms with E-state index in [4.69, 9.17) is 4.74 Å². The van der Waals surface area contributed by atoms with Gasteiger partial charge in [0, 0.05) is 55.0 Å². The zero-order valence-corrected chi connectivity index (χ0v) is 18.5. The molecule has 2 heterocycles. The summed E-state index contributed by atoms with van der Waals surface area (Å²) in [5.74, 6) is 0. The molecule has 6 heteroatoms. The van der Waals surface area contributed by atoms with Crippen LogP contribution in [0.1, 0.15) is 5.56 Å². The number of hydrogen-bond acceptors (Lipinski definition) is 4. The standard InChI is InChI=1S/C24H25N3O2S/c1-26-15-23(21-12-19(30-4)7-5-16(21)9-10-29-3)22-11-17(6-8-20(22)24(26)28)18-13-25-27(2)14-18/h5-8,11-15H,9-10H2,1-4H3. The zero-order valence-electron chi connectivity index (χ0n) is 17.7. The van der Waals surface area contributed by atoms with E-state index < -0.39 is 0 Å². The quantitative estimate of drug-likeness (QED) is 0.431. The Morgan fingerprint density at radius 1 is 1.00 bits per heavy atom. The second kappa shape index (κ2) is 8.50. The Labute approximate surface area is 180 Å². The van der Waals surface area contributed by atoms with Gasteiger partial charge in [0.2, 0.25) is 0 Å². The highest BCUT2D eigenvalue weighted by Gasteiger charge is 2.15. The van der Waals surface area contributed by atoms with Crippen LogP contribution >= 0.6 is 11.8 Å². The van der Waals surface area contributed by atoms with Crippen molar-refractivity contribution in [1.82, 2.24) is 14.3 Å². The number of aromatic nitrogens is 3. The maximum absolute atomic E-state index is 12.9. The topological polar surface area (TPSA) is 49.1 Å². The van der Waals surface area contributed by atoms with Gasteiger partial charge in [-0.2, -0.15) is 5.10 Å². The summed E-state index contributed by atoms with van der Waals surface area (Å²) in [6.07, 6.45) is 8.67. The molecule has 0 saturated heterocycles. The molecule has 0 saturated carbocycles. The molecular weight excluding hydrogens is 394 g/mol. The van der Waals surface area contributed by atoms with Gasteiger partial charge in [-0.3, -0.25) is 9.48 Å². The molecule has 0 fully saturated rings. The van der Waals surface area contributed by atoms with Gasteiger partial charge in [0.15, 0.2) is 0 Å². The molecule has 0 N–H and O–H groups in total. The molecule has 0 spiro atoms. The number of ether oxygens (including phenoxy) is 1. The number of thioether (sulfide) groups is 1. The van der Waals surface area contributed by atoms with E-state index in [9.17, 15) is 4.79 Å².